The third-order valence-electron chi connectivity index (χ3n) is 3.38. The third kappa shape index (κ3) is 4.78. The number of ether oxygens (including phenoxy) is 1. The van der Waals surface area contributed by atoms with Crippen LogP contribution in [0.3, 0.4) is 0 Å². The molecule has 0 spiro atoms. The van der Waals surface area contributed by atoms with E-state index in [1.54, 1.807) is 24.3 Å². The molecule has 1 aromatic heterocycles. The van der Waals surface area contributed by atoms with Crippen molar-refractivity contribution in [3.05, 3.63) is 76.6 Å². The highest BCUT2D eigenvalue weighted by Crippen LogP contribution is 2.16. The molecular formula is C19H15ClN2O3. The summed E-state index contributed by atoms with van der Waals surface area (Å²) in [5.41, 5.74) is 2.80. The van der Waals surface area contributed by atoms with Crippen molar-refractivity contribution in [3.8, 4) is 11.4 Å². The van der Waals surface area contributed by atoms with Crippen molar-refractivity contribution < 1.29 is 14.1 Å². The molecule has 0 atom stereocenters. The molecule has 5 nitrogen and oxygen atoms in total. The summed E-state index contributed by atoms with van der Waals surface area (Å²) in [7, 11) is 0. The Hall–Kier alpha value is -2.92. The van der Waals surface area contributed by atoms with Gasteiger partial charge in [-0.2, -0.15) is 4.98 Å². The van der Waals surface area contributed by atoms with Crippen LogP contribution in [0.2, 0.25) is 5.02 Å². The van der Waals surface area contributed by atoms with Gasteiger partial charge >= 0.3 is 5.97 Å². The first kappa shape index (κ1) is 16.9. The Balaban J connectivity index is 1.56. The van der Waals surface area contributed by atoms with Gasteiger partial charge in [0.05, 0.1) is 0 Å². The molecule has 1 heterocycles. The number of aromatic nitrogens is 2. The highest BCUT2D eigenvalue weighted by molar-refractivity contribution is 6.30. The van der Waals surface area contributed by atoms with Crippen molar-refractivity contribution >= 4 is 23.6 Å². The van der Waals surface area contributed by atoms with Crippen LogP contribution in [-0.2, 0) is 16.1 Å². The van der Waals surface area contributed by atoms with Crippen molar-refractivity contribution in [2.75, 3.05) is 0 Å². The summed E-state index contributed by atoms with van der Waals surface area (Å²) >= 11 is 5.89. The van der Waals surface area contributed by atoms with Gasteiger partial charge in [0.1, 0.15) is 0 Å². The van der Waals surface area contributed by atoms with Crippen LogP contribution < -0.4 is 0 Å². The van der Waals surface area contributed by atoms with E-state index in [2.05, 4.69) is 10.1 Å². The fraction of sp³-hybridized carbons (Fsp3) is 0.105. The van der Waals surface area contributed by atoms with E-state index >= 15 is 0 Å². The predicted octanol–water partition coefficient (Wildman–Crippen LogP) is 4.46. The molecule has 3 rings (SSSR count). The number of hydrogen-bond acceptors (Lipinski definition) is 5. The number of rotatable bonds is 5. The molecule has 0 aliphatic carbocycles. The molecule has 0 unspecified atom stereocenters. The number of carbonyl (C=O) groups excluding carboxylic acids is 1. The van der Waals surface area contributed by atoms with Gasteiger partial charge in [0.2, 0.25) is 5.82 Å². The number of aryl methyl sites for hydroxylation is 1. The molecule has 0 fully saturated rings. The highest BCUT2D eigenvalue weighted by Gasteiger charge is 2.10. The zero-order valence-electron chi connectivity index (χ0n) is 13.5. The Labute approximate surface area is 149 Å². The van der Waals surface area contributed by atoms with Gasteiger partial charge in [0.25, 0.3) is 5.89 Å². The van der Waals surface area contributed by atoms with Crippen molar-refractivity contribution in [2.24, 2.45) is 0 Å². The van der Waals surface area contributed by atoms with Gasteiger partial charge in [-0.25, -0.2) is 4.79 Å². The standard InChI is InChI=1S/C19H15ClN2O3/c1-13-5-8-15(9-6-13)19-21-17(25-22-19)12-24-18(23)10-7-14-3-2-4-16(20)11-14/h2-11H,12H2,1H3/b10-7+. The highest BCUT2D eigenvalue weighted by atomic mass is 35.5. The second kappa shape index (κ2) is 7.77. The average Bonchev–Trinajstić information content (AvgIpc) is 3.08. The van der Waals surface area contributed by atoms with E-state index in [-0.39, 0.29) is 12.5 Å². The van der Waals surface area contributed by atoms with Crippen LogP contribution in [0.1, 0.15) is 17.0 Å². The lowest BCUT2D eigenvalue weighted by Gasteiger charge is -1.97. The van der Waals surface area contributed by atoms with Gasteiger partial charge in [0, 0.05) is 16.7 Å². The van der Waals surface area contributed by atoms with Crippen molar-refractivity contribution in [3.63, 3.8) is 0 Å². The lowest BCUT2D eigenvalue weighted by atomic mass is 10.1. The molecule has 6 heteroatoms. The van der Waals surface area contributed by atoms with Crippen molar-refractivity contribution in [2.45, 2.75) is 13.5 Å². The number of carbonyl (C=O) groups is 1. The quantitative estimate of drug-likeness (QED) is 0.500. The third-order valence-corrected chi connectivity index (χ3v) is 3.61. The van der Waals surface area contributed by atoms with Crippen molar-refractivity contribution in [1.29, 1.82) is 0 Å². The molecule has 0 amide bonds. The zero-order chi connectivity index (χ0) is 17.6. The van der Waals surface area contributed by atoms with Gasteiger partial charge < -0.3 is 9.26 Å². The van der Waals surface area contributed by atoms with Gasteiger partial charge in [-0.3, -0.25) is 0 Å². The van der Waals surface area contributed by atoms with Crippen LogP contribution in [0.15, 0.2) is 59.1 Å². The number of esters is 1. The van der Waals surface area contributed by atoms with E-state index in [0.29, 0.717) is 10.8 Å². The topological polar surface area (TPSA) is 65.2 Å². The number of halogens is 1. The molecule has 0 aliphatic rings. The molecule has 0 aliphatic heterocycles. The molecule has 0 saturated heterocycles. The lowest BCUT2D eigenvalue weighted by molar-refractivity contribution is -0.139. The first-order valence-electron chi connectivity index (χ1n) is 7.60. The zero-order valence-corrected chi connectivity index (χ0v) is 14.2. The average molecular weight is 355 g/mol. The molecular weight excluding hydrogens is 340 g/mol. The van der Waals surface area contributed by atoms with E-state index < -0.39 is 5.97 Å². The van der Waals surface area contributed by atoms with E-state index in [9.17, 15) is 4.79 Å². The minimum Gasteiger partial charge on any atom is -0.452 e. The number of benzene rings is 2. The SMILES string of the molecule is Cc1ccc(-c2noc(COC(=O)/C=C/c3cccc(Cl)c3)n2)cc1. The Morgan fingerprint density at radius 1 is 1.24 bits per heavy atom. The first-order chi connectivity index (χ1) is 12.1. The van der Waals surface area contributed by atoms with Gasteiger partial charge in [-0.15, -0.1) is 0 Å². The molecule has 0 N–H and O–H groups in total. The molecule has 0 bridgehead atoms. The lowest BCUT2D eigenvalue weighted by Crippen LogP contribution is -2.00. The van der Waals surface area contributed by atoms with E-state index in [1.807, 2.05) is 37.3 Å². The summed E-state index contributed by atoms with van der Waals surface area (Å²) in [6.45, 7) is 1.92. The summed E-state index contributed by atoms with van der Waals surface area (Å²) in [6, 6.07) is 14.9. The molecule has 3 aromatic rings. The summed E-state index contributed by atoms with van der Waals surface area (Å²) in [5, 5.41) is 4.49. The number of nitrogens with zero attached hydrogens (tertiary/aromatic N) is 2. The fourth-order valence-electron chi connectivity index (χ4n) is 2.09. The van der Waals surface area contributed by atoms with E-state index in [4.69, 9.17) is 20.9 Å². The molecule has 0 radical (unpaired) electrons. The van der Waals surface area contributed by atoms with E-state index in [1.165, 1.54) is 6.08 Å². The first-order valence-corrected chi connectivity index (χ1v) is 7.98. The Bertz CT molecular complexity index is 901. The molecule has 2 aromatic carbocycles. The Morgan fingerprint density at radius 3 is 2.80 bits per heavy atom. The van der Waals surface area contributed by atoms with Crippen LogP contribution in [0.5, 0.6) is 0 Å². The van der Waals surface area contributed by atoms with E-state index in [0.717, 1.165) is 16.7 Å². The largest absolute Gasteiger partial charge is 0.452 e. The van der Waals surface area contributed by atoms with Crippen LogP contribution in [0.25, 0.3) is 17.5 Å². The maximum absolute atomic E-state index is 11.8. The van der Waals surface area contributed by atoms with Crippen LogP contribution in [0, 0.1) is 6.92 Å². The second-order valence-corrected chi connectivity index (χ2v) is 5.81. The van der Waals surface area contributed by atoms with Crippen LogP contribution >= 0.6 is 11.6 Å². The van der Waals surface area contributed by atoms with Crippen LogP contribution in [-0.4, -0.2) is 16.1 Å². The number of hydrogen-bond donors (Lipinski definition) is 0. The predicted molar refractivity (Wildman–Crippen MR) is 94.8 cm³/mol. The van der Waals surface area contributed by atoms with Crippen molar-refractivity contribution in [1.82, 2.24) is 10.1 Å². The summed E-state index contributed by atoms with van der Waals surface area (Å²) < 4.78 is 10.2. The smallest absolute Gasteiger partial charge is 0.331 e. The minimum atomic E-state index is -0.505. The normalized spacial score (nSPS) is 11.0. The molecule has 0 saturated carbocycles. The molecule has 25 heavy (non-hydrogen) atoms. The fourth-order valence-corrected chi connectivity index (χ4v) is 2.29. The van der Waals surface area contributed by atoms with Gasteiger partial charge in [-0.1, -0.05) is 58.7 Å². The summed E-state index contributed by atoms with van der Waals surface area (Å²) in [4.78, 5) is 16.0. The van der Waals surface area contributed by atoms with Crippen LogP contribution in [0.4, 0.5) is 0 Å². The van der Waals surface area contributed by atoms with Gasteiger partial charge in [0.15, 0.2) is 6.61 Å². The molecule has 126 valence electrons. The maximum atomic E-state index is 11.8. The summed E-state index contributed by atoms with van der Waals surface area (Å²) in [6.07, 6.45) is 2.95. The Kier molecular flexibility index (Phi) is 5.26. The monoisotopic (exact) mass is 354 g/mol. The second-order valence-electron chi connectivity index (χ2n) is 5.37. The summed E-state index contributed by atoms with van der Waals surface area (Å²) in [5.74, 6) is 0.190. The minimum absolute atomic E-state index is 0.0857. The maximum Gasteiger partial charge on any atom is 0.331 e. The van der Waals surface area contributed by atoms with Gasteiger partial charge in [-0.05, 0) is 30.7 Å². The Morgan fingerprint density at radius 2 is 2.04 bits per heavy atom.